The molecule has 0 bridgehead atoms. The number of rotatable bonds is 7. The van der Waals surface area contributed by atoms with Crippen LogP contribution in [0.4, 0.5) is 13.2 Å². The second kappa shape index (κ2) is 9.28. The van der Waals surface area contributed by atoms with Crippen LogP contribution in [-0.4, -0.2) is 64.1 Å². The second-order valence-corrected chi connectivity index (χ2v) is 8.77. The van der Waals surface area contributed by atoms with Gasteiger partial charge in [-0.2, -0.15) is 0 Å². The van der Waals surface area contributed by atoms with Gasteiger partial charge in [0.15, 0.2) is 12.8 Å². The van der Waals surface area contributed by atoms with Crippen LogP contribution < -0.4 is 14.2 Å². The molecular formula is C23H25F3N4O4. The first kappa shape index (κ1) is 22.7. The summed E-state index contributed by atoms with van der Waals surface area (Å²) in [6.07, 6.45) is 3.53. The fourth-order valence-electron chi connectivity index (χ4n) is 4.41. The van der Waals surface area contributed by atoms with Gasteiger partial charge in [0.05, 0.1) is 24.8 Å². The summed E-state index contributed by atoms with van der Waals surface area (Å²) < 4.78 is 52.2. The Morgan fingerprint density at radius 3 is 2.44 bits per heavy atom. The normalized spacial score (nSPS) is 22.9. The molecule has 2 saturated heterocycles. The lowest BCUT2D eigenvalue weighted by Crippen LogP contribution is -2.54. The number of nitrogens with zero attached hydrogens (tertiary/aromatic N) is 4. The highest BCUT2D eigenvalue weighted by Crippen LogP contribution is 2.39. The molecule has 5 rings (SSSR count). The molecule has 3 fully saturated rings. The molecule has 2 atom stereocenters. The molecular weight excluding hydrogens is 453 g/mol. The number of benzene rings is 1. The van der Waals surface area contributed by atoms with Crippen LogP contribution in [0, 0.1) is 0 Å². The lowest BCUT2D eigenvalue weighted by atomic mass is 10.1. The average Bonchev–Trinajstić information content (AvgIpc) is 3.59. The van der Waals surface area contributed by atoms with E-state index in [1.54, 1.807) is 17.3 Å². The molecule has 8 nitrogen and oxygen atoms in total. The molecule has 1 saturated carbocycles. The van der Waals surface area contributed by atoms with Crippen molar-refractivity contribution < 1.29 is 32.2 Å². The van der Waals surface area contributed by atoms with Crippen LogP contribution in [0.25, 0.3) is 0 Å². The van der Waals surface area contributed by atoms with E-state index in [0.29, 0.717) is 31.1 Å². The monoisotopic (exact) mass is 478 g/mol. The molecule has 0 radical (unpaired) electrons. The van der Waals surface area contributed by atoms with Gasteiger partial charge in [-0.15, -0.1) is 13.2 Å². The van der Waals surface area contributed by atoms with E-state index in [1.807, 2.05) is 0 Å². The van der Waals surface area contributed by atoms with Crippen LogP contribution >= 0.6 is 0 Å². The third kappa shape index (κ3) is 5.52. The van der Waals surface area contributed by atoms with Gasteiger partial charge in [-0.05, 0) is 56.4 Å². The van der Waals surface area contributed by atoms with Crippen molar-refractivity contribution >= 4 is 5.91 Å². The van der Waals surface area contributed by atoms with Gasteiger partial charge >= 0.3 is 6.36 Å². The smallest absolute Gasteiger partial charge is 0.484 e. The molecule has 1 aromatic heterocycles. The summed E-state index contributed by atoms with van der Waals surface area (Å²) in [5.41, 5.74) is 1.01. The van der Waals surface area contributed by atoms with E-state index < -0.39 is 6.36 Å². The average molecular weight is 478 g/mol. The maximum atomic E-state index is 12.7. The minimum Gasteiger partial charge on any atom is -0.484 e. The molecule has 0 spiro atoms. The second-order valence-electron chi connectivity index (χ2n) is 8.77. The van der Waals surface area contributed by atoms with Crippen LogP contribution in [0.3, 0.4) is 0 Å². The SMILES string of the molecule is O=C(COc1ccc(OC(F)(F)F)cc1)N1CC[C@@H]2CC[C@H](Oc3cnc(C4CC4)cn3)N2C1. The summed E-state index contributed by atoms with van der Waals surface area (Å²) in [5.74, 6) is 0.758. The predicted molar refractivity (Wildman–Crippen MR) is 113 cm³/mol. The minimum atomic E-state index is -4.76. The number of fused-ring (bicyclic) bond motifs is 1. The van der Waals surface area contributed by atoms with E-state index in [-0.39, 0.29) is 30.2 Å². The molecule has 2 aliphatic heterocycles. The lowest BCUT2D eigenvalue weighted by molar-refractivity contribution is -0.274. The zero-order valence-electron chi connectivity index (χ0n) is 18.4. The fourth-order valence-corrected chi connectivity index (χ4v) is 4.41. The van der Waals surface area contributed by atoms with Crippen molar-refractivity contribution in [2.75, 3.05) is 19.8 Å². The zero-order valence-corrected chi connectivity index (χ0v) is 18.4. The topological polar surface area (TPSA) is 77.0 Å². The number of carbonyl (C=O) groups is 1. The van der Waals surface area contributed by atoms with Crippen LogP contribution in [0.5, 0.6) is 17.4 Å². The highest BCUT2D eigenvalue weighted by molar-refractivity contribution is 5.77. The van der Waals surface area contributed by atoms with Crippen LogP contribution in [0.2, 0.25) is 0 Å². The molecule has 182 valence electrons. The van der Waals surface area contributed by atoms with E-state index in [0.717, 1.165) is 37.1 Å². The van der Waals surface area contributed by atoms with E-state index in [1.165, 1.54) is 25.0 Å². The van der Waals surface area contributed by atoms with Crippen LogP contribution in [0.15, 0.2) is 36.7 Å². The van der Waals surface area contributed by atoms with Crippen molar-refractivity contribution in [2.45, 2.75) is 56.7 Å². The molecule has 1 aromatic carbocycles. The summed E-state index contributed by atoms with van der Waals surface area (Å²) in [4.78, 5) is 25.5. The molecule has 3 aliphatic rings. The third-order valence-electron chi connectivity index (χ3n) is 6.32. The molecule has 0 N–H and O–H groups in total. The Labute approximate surface area is 194 Å². The highest BCUT2D eigenvalue weighted by atomic mass is 19.4. The summed E-state index contributed by atoms with van der Waals surface area (Å²) in [5, 5.41) is 0. The summed E-state index contributed by atoms with van der Waals surface area (Å²) in [6, 6.07) is 5.30. The van der Waals surface area contributed by atoms with Crippen LogP contribution in [-0.2, 0) is 4.79 Å². The highest BCUT2D eigenvalue weighted by Gasteiger charge is 2.40. The van der Waals surface area contributed by atoms with Gasteiger partial charge in [0.25, 0.3) is 5.91 Å². The van der Waals surface area contributed by atoms with E-state index >= 15 is 0 Å². The third-order valence-corrected chi connectivity index (χ3v) is 6.32. The largest absolute Gasteiger partial charge is 0.573 e. The van der Waals surface area contributed by atoms with E-state index in [9.17, 15) is 18.0 Å². The molecule has 0 unspecified atom stereocenters. The molecule has 1 amide bonds. The van der Waals surface area contributed by atoms with Crippen molar-refractivity contribution in [2.24, 2.45) is 0 Å². The minimum absolute atomic E-state index is 0.177. The van der Waals surface area contributed by atoms with E-state index in [2.05, 4.69) is 19.6 Å². The van der Waals surface area contributed by atoms with Crippen molar-refractivity contribution in [3.63, 3.8) is 0 Å². The lowest BCUT2D eigenvalue weighted by Gasteiger charge is -2.39. The number of ether oxygens (including phenoxy) is 3. The van der Waals surface area contributed by atoms with Crippen molar-refractivity contribution in [1.29, 1.82) is 0 Å². The number of halogens is 3. The first-order chi connectivity index (χ1) is 16.3. The predicted octanol–water partition coefficient (Wildman–Crippen LogP) is 3.69. The number of carbonyl (C=O) groups excluding carboxylic acids is 1. The summed E-state index contributed by atoms with van der Waals surface area (Å²) in [6.45, 7) is 0.825. The molecule has 11 heteroatoms. The first-order valence-electron chi connectivity index (χ1n) is 11.3. The molecule has 2 aromatic rings. The fraction of sp³-hybridized carbons (Fsp3) is 0.522. The van der Waals surface area contributed by atoms with Gasteiger partial charge in [-0.25, -0.2) is 9.88 Å². The van der Waals surface area contributed by atoms with Gasteiger partial charge in [0.1, 0.15) is 11.5 Å². The maximum absolute atomic E-state index is 12.7. The van der Waals surface area contributed by atoms with Gasteiger partial charge in [-0.1, -0.05) is 0 Å². The molecule has 1 aliphatic carbocycles. The van der Waals surface area contributed by atoms with E-state index in [4.69, 9.17) is 9.47 Å². The number of hydrogen-bond acceptors (Lipinski definition) is 7. The zero-order chi connectivity index (χ0) is 23.7. The van der Waals surface area contributed by atoms with Crippen molar-refractivity contribution in [3.8, 4) is 17.4 Å². The molecule has 3 heterocycles. The maximum Gasteiger partial charge on any atom is 0.573 e. The Hall–Kier alpha value is -3.08. The van der Waals surface area contributed by atoms with Crippen molar-refractivity contribution in [3.05, 3.63) is 42.4 Å². The van der Waals surface area contributed by atoms with Gasteiger partial charge in [0, 0.05) is 18.5 Å². The first-order valence-corrected chi connectivity index (χ1v) is 11.3. The Bertz CT molecular complexity index is 999. The molecule has 34 heavy (non-hydrogen) atoms. The number of hydrogen-bond donors (Lipinski definition) is 0. The number of alkyl halides is 3. The standard InChI is InChI=1S/C23H25F3N4O4/c24-23(25,26)34-18-6-4-17(5-7-18)32-13-21(31)29-10-9-16-3-8-22(30(16)14-29)33-20-12-27-19(11-28-20)15-1-2-15/h4-7,11-12,15-16,22H,1-3,8-10,13-14H2/t16-,22-/m0/s1. The summed E-state index contributed by atoms with van der Waals surface area (Å²) >= 11 is 0. The Morgan fingerprint density at radius 1 is 1.00 bits per heavy atom. The summed E-state index contributed by atoms with van der Waals surface area (Å²) in [7, 11) is 0. The van der Waals surface area contributed by atoms with Crippen molar-refractivity contribution in [1.82, 2.24) is 19.8 Å². The Kier molecular flexibility index (Phi) is 6.20. The van der Waals surface area contributed by atoms with Gasteiger partial charge < -0.3 is 19.1 Å². The number of amides is 1. The Balaban J connectivity index is 1.13. The Morgan fingerprint density at radius 2 is 1.76 bits per heavy atom. The quantitative estimate of drug-likeness (QED) is 0.601. The van der Waals surface area contributed by atoms with Gasteiger partial charge in [0.2, 0.25) is 5.88 Å². The van der Waals surface area contributed by atoms with Gasteiger partial charge in [-0.3, -0.25) is 9.78 Å². The van der Waals surface area contributed by atoms with Crippen LogP contribution in [0.1, 0.15) is 43.7 Å². The number of aromatic nitrogens is 2.